The van der Waals surface area contributed by atoms with E-state index < -0.39 is 0 Å². The molecule has 0 saturated heterocycles. The summed E-state index contributed by atoms with van der Waals surface area (Å²) in [5.74, 6) is 0.408. The van der Waals surface area contributed by atoms with Gasteiger partial charge in [-0.25, -0.2) is 0 Å². The summed E-state index contributed by atoms with van der Waals surface area (Å²) in [6, 6.07) is 0. The van der Waals surface area contributed by atoms with Gasteiger partial charge >= 0.3 is 0 Å². The highest BCUT2D eigenvalue weighted by Gasteiger charge is 2.12. The SMILES string of the molecule is CCCCCCCCCC(=O)N(CCCC)CCCCCCCC. The highest BCUT2D eigenvalue weighted by molar-refractivity contribution is 5.76. The molecule has 0 aromatic heterocycles. The second kappa shape index (κ2) is 18.8. The van der Waals surface area contributed by atoms with Crippen LogP contribution in [0.2, 0.25) is 0 Å². The van der Waals surface area contributed by atoms with Crippen LogP contribution in [-0.2, 0) is 4.79 Å². The molecule has 0 aliphatic heterocycles. The molecule has 0 aromatic rings. The summed E-state index contributed by atoms with van der Waals surface area (Å²) >= 11 is 0. The molecule has 0 bridgehead atoms. The molecule has 2 heteroatoms. The van der Waals surface area contributed by atoms with E-state index in [-0.39, 0.29) is 0 Å². The first-order chi connectivity index (χ1) is 11.8. The van der Waals surface area contributed by atoms with Crippen LogP contribution in [0.25, 0.3) is 0 Å². The first-order valence-electron chi connectivity index (χ1n) is 11.0. The molecule has 0 aliphatic carbocycles. The Kier molecular flexibility index (Phi) is 18.4. The topological polar surface area (TPSA) is 20.3 Å². The van der Waals surface area contributed by atoms with E-state index in [1.807, 2.05) is 0 Å². The van der Waals surface area contributed by atoms with Gasteiger partial charge in [0.05, 0.1) is 0 Å². The number of amides is 1. The van der Waals surface area contributed by atoms with Crippen molar-refractivity contribution in [1.29, 1.82) is 0 Å². The van der Waals surface area contributed by atoms with Gasteiger partial charge in [-0.15, -0.1) is 0 Å². The van der Waals surface area contributed by atoms with Gasteiger partial charge in [0.15, 0.2) is 0 Å². The molecule has 0 aliphatic rings. The highest BCUT2D eigenvalue weighted by Crippen LogP contribution is 2.11. The lowest BCUT2D eigenvalue weighted by Gasteiger charge is -2.22. The van der Waals surface area contributed by atoms with Crippen LogP contribution >= 0.6 is 0 Å². The minimum absolute atomic E-state index is 0.408. The molecular weight excluding hydrogens is 294 g/mol. The van der Waals surface area contributed by atoms with Crippen LogP contribution in [0.4, 0.5) is 0 Å². The van der Waals surface area contributed by atoms with Crippen LogP contribution in [-0.4, -0.2) is 23.9 Å². The van der Waals surface area contributed by atoms with E-state index >= 15 is 0 Å². The minimum Gasteiger partial charge on any atom is -0.343 e. The van der Waals surface area contributed by atoms with Crippen LogP contribution in [0.5, 0.6) is 0 Å². The number of hydrogen-bond acceptors (Lipinski definition) is 1. The molecule has 24 heavy (non-hydrogen) atoms. The van der Waals surface area contributed by atoms with Crippen LogP contribution in [0, 0.1) is 0 Å². The molecule has 144 valence electrons. The van der Waals surface area contributed by atoms with Crippen molar-refractivity contribution in [2.24, 2.45) is 0 Å². The third-order valence-corrected chi connectivity index (χ3v) is 4.91. The lowest BCUT2D eigenvalue weighted by molar-refractivity contribution is -0.131. The molecule has 1 amide bonds. The van der Waals surface area contributed by atoms with E-state index in [0.29, 0.717) is 5.91 Å². The van der Waals surface area contributed by atoms with Crippen molar-refractivity contribution in [3.05, 3.63) is 0 Å². The Labute approximate surface area is 152 Å². The Morgan fingerprint density at radius 1 is 0.542 bits per heavy atom. The number of nitrogens with zero attached hydrogens (tertiary/aromatic N) is 1. The molecule has 0 radical (unpaired) electrons. The van der Waals surface area contributed by atoms with Crippen molar-refractivity contribution in [3.8, 4) is 0 Å². The molecule has 0 spiro atoms. The van der Waals surface area contributed by atoms with Crippen LogP contribution < -0.4 is 0 Å². The normalized spacial score (nSPS) is 11.0. The standard InChI is InChI=1S/C22H45NO/c1-4-7-10-12-14-15-17-19-22(24)23(20-9-6-3)21-18-16-13-11-8-5-2/h4-21H2,1-3H3. The van der Waals surface area contributed by atoms with Gasteiger partial charge in [0.1, 0.15) is 0 Å². The first-order valence-corrected chi connectivity index (χ1v) is 11.0. The van der Waals surface area contributed by atoms with E-state index in [1.54, 1.807) is 0 Å². The summed E-state index contributed by atoms with van der Waals surface area (Å²) in [5, 5.41) is 0. The molecule has 0 atom stereocenters. The van der Waals surface area contributed by atoms with Gasteiger partial charge in [0.2, 0.25) is 5.91 Å². The zero-order valence-corrected chi connectivity index (χ0v) is 17.1. The number of unbranched alkanes of at least 4 members (excludes halogenated alkanes) is 12. The molecule has 0 rings (SSSR count). The Morgan fingerprint density at radius 2 is 0.958 bits per heavy atom. The number of hydrogen-bond donors (Lipinski definition) is 0. The van der Waals surface area contributed by atoms with E-state index in [4.69, 9.17) is 0 Å². The zero-order valence-electron chi connectivity index (χ0n) is 17.1. The van der Waals surface area contributed by atoms with Crippen LogP contribution in [0.15, 0.2) is 0 Å². The monoisotopic (exact) mass is 339 g/mol. The molecule has 0 aromatic carbocycles. The van der Waals surface area contributed by atoms with Gasteiger partial charge < -0.3 is 4.90 Å². The molecular formula is C22H45NO. The predicted octanol–water partition coefficient (Wildman–Crippen LogP) is 7.12. The maximum atomic E-state index is 12.5. The Hall–Kier alpha value is -0.530. The summed E-state index contributed by atoms with van der Waals surface area (Å²) < 4.78 is 0. The minimum atomic E-state index is 0.408. The molecule has 0 saturated carbocycles. The average molecular weight is 340 g/mol. The van der Waals surface area contributed by atoms with Crippen molar-refractivity contribution in [3.63, 3.8) is 0 Å². The Bertz CT molecular complexity index is 265. The highest BCUT2D eigenvalue weighted by atomic mass is 16.2. The average Bonchev–Trinajstić information content (AvgIpc) is 2.59. The van der Waals surface area contributed by atoms with E-state index in [9.17, 15) is 4.79 Å². The van der Waals surface area contributed by atoms with Crippen molar-refractivity contribution >= 4 is 5.91 Å². The third-order valence-electron chi connectivity index (χ3n) is 4.91. The van der Waals surface area contributed by atoms with Gasteiger partial charge in [-0.2, -0.15) is 0 Å². The van der Waals surface area contributed by atoms with Gasteiger partial charge in [-0.3, -0.25) is 4.79 Å². The third kappa shape index (κ3) is 15.0. The first kappa shape index (κ1) is 23.5. The van der Waals surface area contributed by atoms with E-state index in [1.165, 1.54) is 83.5 Å². The smallest absolute Gasteiger partial charge is 0.222 e. The fourth-order valence-electron chi connectivity index (χ4n) is 3.18. The molecule has 0 heterocycles. The van der Waals surface area contributed by atoms with Crippen molar-refractivity contribution in [2.75, 3.05) is 13.1 Å². The van der Waals surface area contributed by atoms with Crippen molar-refractivity contribution < 1.29 is 4.79 Å². The summed E-state index contributed by atoms with van der Waals surface area (Å²) in [4.78, 5) is 14.6. The summed E-state index contributed by atoms with van der Waals surface area (Å²) in [6.07, 6.45) is 19.9. The zero-order chi connectivity index (χ0) is 17.9. The Balaban J connectivity index is 3.81. The Morgan fingerprint density at radius 3 is 1.50 bits per heavy atom. The van der Waals surface area contributed by atoms with E-state index in [0.717, 1.165) is 32.4 Å². The lowest BCUT2D eigenvalue weighted by Crippen LogP contribution is -2.32. The van der Waals surface area contributed by atoms with Crippen LogP contribution in [0.3, 0.4) is 0 Å². The molecule has 0 fully saturated rings. The quantitative estimate of drug-likeness (QED) is 0.243. The van der Waals surface area contributed by atoms with Gasteiger partial charge in [0, 0.05) is 19.5 Å². The lowest BCUT2D eigenvalue weighted by atomic mass is 10.1. The second-order valence-corrected chi connectivity index (χ2v) is 7.37. The maximum Gasteiger partial charge on any atom is 0.222 e. The number of carbonyl (C=O) groups is 1. The summed E-state index contributed by atoms with van der Waals surface area (Å²) in [7, 11) is 0. The van der Waals surface area contributed by atoms with Crippen LogP contribution in [0.1, 0.15) is 124 Å². The summed E-state index contributed by atoms with van der Waals surface area (Å²) in [5.41, 5.74) is 0. The van der Waals surface area contributed by atoms with Gasteiger partial charge in [-0.1, -0.05) is 97.8 Å². The van der Waals surface area contributed by atoms with Crippen molar-refractivity contribution in [1.82, 2.24) is 4.90 Å². The van der Waals surface area contributed by atoms with Gasteiger partial charge in [-0.05, 0) is 19.3 Å². The molecule has 0 N–H and O–H groups in total. The predicted molar refractivity (Wildman–Crippen MR) is 107 cm³/mol. The maximum absolute atomic E-state index is 12.5. The fraction of sp³-hybridized carbons (Fsp3) is 0.955. The fourth-order valence-corrected chi connectivity index (χ4v) is 3.18. The molecule has 0 unspecified atom stereocenters. The van der Waals surface area contributed by atoms with E-state index in [2.05, 4.69) is 25.7 Å². The number of rotatable bonds is 18. The second-order valence-electron chi connectivity index (χ2n) is 7.37. The van der Waals surface area contributed by atoms with Crippen molar-refractivity contribution in [2.45, 2.75) is 124 Å². The molecule has 2 nitrogen and oxygen atoms in total. The largest absolute Gasteiger partial charge is 0.343 e. The number of carbonyl (C=O) groups excluding carboxylic acids is 1. The summed E-state index contributed by atoms with van der Waals surface area (Å²) in [6.45, 7) is 8.69. The van der Waals surface area contributed by atoms with Gasteiger partial charge in [0.25, 0.3) is 0 Å².